The molecule has 0 saturated heterocycles. The Bertz CT molecular complexity index is 1170. The topological polar surface area (TPSA) is 0 Å². The molecule has 4 aromatic carbocycles. The third-order valence-electron chi connectivity index (χ3n) is 4.76. The Balaban J connectivity index is 2.06. The maximum absolute atomic E-state index is 6.29. The number of hydrogen-bond acceptors (Lipinski definition) is 1. The first-order chi connectivity index (χ1) is 11.6. The highest BCUT2D eigenvalue weighted by atomic mass is 79.9. The van der Waals surface area contributed by atoms with Crippen molar-refractivity contribution in [1.82, 2.24) is 0 Å². The number of rotatable bonds is 0. The summed E-state index contributed by atoms with van der Waals surface area (Å²) in [6.07, 6.45) is 0. The van der Waals surface area contributed by atoms with Crippen molar-refractivity contribution in [3.63, 3.8) is 0 Å². The zero-order valence-electron chi connectivity index (χ0n) is 12.9. The monoisotopic (exact) mass is 408 g/mol. The summed E-state index contributed by atoms with van der Waals surface area (Å²) in [6.45, 7) is 0. The molecular weight excluding hydrogens is 398 g/mol. The fourth-order valence-electron chi connectivity index (χ4n) is 3.73. The molecule has 0 radical (unpaired) electrons. The second-order valence-corrected chi connectivity index (χ2v) is 8.55. The van der Waals surface area contributed by atoms with Gasteiger partial charge in [-0.25, -0.2) is 0 Å². The van der Waals surface area contributed by atoms with E-state index in [1.54, 1.807) is 0 Å². The van der Waals surface area contributed by atoms with Crippen LogP contribution in [0.4, 0.5) is 0 Å². The molecular formula is C20H11BBrClS. The van der Waals surface area contributed by atoms with Gasteiger partial charge in [-0.15, -0.1) is 0 Å². The highest BCUT2D eigenvalue weighted by Gasteiger charge is 2.23. The van der Waals surface area contributed by atoms with Crippen LogP contribution >= 0.6 is 39.3 Å². The Labute approximate surface area is 158 Å². The summed E-state index contributed by atoms with van der Waals surface area (Å²) in [5.74, 6) is 0. The molecule has 0 amide bonds. The zero-order valence-corrected chi connectivity index (χ0v) is 16.0. The van der Waals surface area contributed by atoms with Crippen LogP contribution in [0, 0.1) is 0 Å². The van der Waals surface area contributed by atoms with E-state index in [9.17, 15) is 0 Å². The molecule has 0 bridgehead atoms. The van der Waals surface area contributed by atoms with Crippen LogP contribution in [0.5, 0.6) is 0 Å². The van der Waals surface area contributed by atoms with Crippen molar-refractivity contribution in [1.29, 1.82) is 0 Å². The standard InChI is InChI=1S/C20H11BBrClS/c21-20-13-7-5-11(23)9-15(13)12-2-1-3-16-18(12)19(20)14-6-4-10(22)8-17(14)24-16/h1-9H,21H2. The quantitative estimate of drug-likeness (QED) is 0.230. The Kier molecular flexibility index (Phi) is 3.28. The van der Waals surface area contributed by atoms with Gasteiger partial charge in [0.2, 0.25) is 0 Å². The van der Waals surface area contributed by atoms with Crippen LogP contribution in [-0.2, 0) is 0 Å². The molecule has 4 aromatic rings. The first kappa shape index (κ1) is 14.9. The summed E-state index contributed by atoms with van der Waals surface area (Å²) in [6, 6.07) is 19.4. The molecule has 0 N–H and O–H groups in total. The zero-order chi connectivity index (χ0) is 16.4. The molecule has 0 fully saturated rings. The van der Waals surface area contributed by atoms with Gasteiger partial charge < -0.3 is 0 Å². The Morgan fingerprint density at radius 3 is 2.62 bits per heavy atom. The van der Waals surface area contributed by atoms with Crippen LogP contribution in [0.25, 0.3) is 32.7 Å². The molecule has 0 spiro atoms. The maximum Gasteiger partial charge on any atom is 0.140 e. The lowest BCUT2D eigenvalue weighted by molar-refractivity contribution is 1.39. The van der Waals surface area contributed by atoms with E-state index in [-0.39, 0.29) is 0 Å². The Morgan fingerprint density at radius 1 is 0.875 bits per heavy atom. The molecule has 1 heterocycles. The molecule has 0 nitrogen and oxygen atoms in total. The molecule has 5 rings (SSSR count). The molecule has 0 aromatic heterocycles. The van der Waals surface area contributed by atoms with Gasteiger partial charge in [0.1, 0.15) is 7.85 Å². The average Bonchev–Trinajstić information content (AvgIpc) is 2.57. The molecule has 1 aliphatic rings. The van der Waals surface area contributed by atoms with E-state index < -0.39 is 0 Å². The predicted octanol–water partition coefficient (Wildman–Crippen LogP) is 5.80. The number of fused-ring (bicyclic) bond motifs is 4. The van der Waals surface area contributed by atoms with E-state index in [4.69, 9.17) is 11.6 Å². The molecule has 114 valence electrons. The molecule has 24 heavy (non-hydrogen) atoms. The minimum Gasteiger partial charge on any atom is -0.0887 e. The molecule has 0 unspecified atom stereocenters. The fourth-order valence-corrected chi connectivity index (χ4v) is 5.58. The van der Waals surface area contributed by atoms with Crippen molar-refractivity contribution < 1.29 is 0 Å². The molecule has 0 aliphatic carbocycles. The number of benzene rings is 4. The summed E-state index contributed by atoms with van der Waals surface area (Å²) < 4.78 is 1.12. The van der Waals surface area contributed by atoms with Crippen LogP contribution in [-0.4, -0.2) is 7.85 Å². The lowest BCUT2D eigenvalue weighted by Gasteiger charge is -2.24. The largest absolute Gasteiger partial charge is 0.140 e. The first-order valence-electron chi connectivity index (χ1n) is 7.76. The van der Waals surface area contributed by atoms with Crippen LogP contribution in [0.2, 0.25) is 5.02 Å². The van der Waals surface area contributed by atoms with E-state index in [1.165, 1.54) is 47.9 Å². The van der Waals surface area contributed by atoms with Gasteiger partial charge in [0.05, 0.1) is 0 Å². The Morgan fingerprint density at radius 2 is 1.75 bits per heavy atom. The van der Waals surface area contributed by atoms with Gasteiger partial charge in [-0.2, -0.15) is 0 Å². The SMILES string of the molecule is Bc1c2c3c(cccc3c3cc(Cl)ccc13)Sc1cc(Br)ccc1-2. The fraction of sp³-hybridized carbons (Fsp3) is 0. The van der Waals surface area contributed by atoms with E-state index in [2.05, 4.69) is 72.3 Å². The second-order valence-electron chi connectivity index (χ2n) is 6.11. The van der Waals surface area contributed by atoms with Crippen LogP contribution < -0.4 is 5.46 Å². The van der Waals surface area contributed by atoms with Gasteiger partial charge in [-0.1, -0.05) is 69.0 Å². The average molecular weight is 410 g/mol. The summed E-state index contributed by atoms with van der Waals surface area (Å²) >= 11 is 11.7. The van der Waals surface area contributed by atoms with Crippen LogP contribution in [0.1, 0.15) is 0 Å². The summed E-state index contributed by atoms with van der Waals surface area (Å²) in [7, 11) is 2.23. The molecule has 0 saturated carbocycles. The van der Waals surface area contributed by atoms with Crippen LogP contribution in [0.3, 0.4) is 0 Å². The van der Waals surface area contributed by atoms with Crippen molar-refractivity contribution >= 4 is 74.1 Å². The number of hydrogen-bond donors (Lipinski definition) is 0. The second kappa shape index (κ2) is 5.29. The maximum atomic E-state index is 6.29. The minimum absolute atomic E-state index is 0.787. The van der Waals surface area contributed by atoms with Gasteiger partial charge in [0.25, 0.3) is 0 Å². The minimum atomic E-state index is 0.787. The smallest absolute Gasteiger partial charge is 0.0887 e. The van der Waals surface area contributed by atoms with Crippen molar-refractivity contribution in [2.45, 2.75) is 9.79 Å². The highest BCUT2D eigenvalue weighted by molar-refractivity contribution is 9.10. The molecule has 1 aliphatic heterocycles. The lowest BCUT2D eigenvalue weighted by atomic mass is 9.79. The van der Waals surface area contributed by atoms with Crippen molar-refractivity contribution in [2.24, 2.45) is 0 Å². The third kappa shape index (κ3) is 2.02. The molecule has 4 heteroatoms. The van der Waals surface area contributed by atoms with E-state index in [0.29, 0.717) is 0 Å². The van der Waals surface area contributed by atoms with Gasteiger partial charge in [0, 0.05) is 24.7 Å². The van der Waals surface area contributed by atoms with Crippen molar-refractivity contribution in [3.8, 4) is 11.1 Å². The van der Waals surface area contributed by atoms with E-state index in [0.717, 1.165) is 9.50 Å². The molecule has 0 atom stereocenters. The highest BCUT2D eigenvalue weighted by Crippen LogP contribution is 2.49. The van der Waals surface area contributed by atoms with Gasteiger partial charge in [0.15, 0.2) is 0 Å². The first-order valence-corrected chi connectivity index (χ1v) is 9.74. The van der Waals surface area contributed by atoms with Gasteiger partial charge in [-0.05, 0) is 57.6 Å². The van der Waals surface area contributed by atoms with Crippen molar-refractivity contribution in [3.05, 3.63) is 64.1 Å². The third-order valence-corrected chi connectivity index (χ3v) is 6.61. The van der Waals surface area contributed by atoms with Crippen molar-refractivity contribution in [2.75, 3.05) is 0 Å². The van der Waals surface area contributed by atoms with E-state index >= 15 is 0 Å². The summed E-state index contributed by atoms with van der Waals surface area (Å²) in [4.78, 5) is 2.62. The van der Waals surface area contributed by atoms with E-state index in [1.807, 2.05) is 17.8 Å². The lowest BCUT2D eigenvalue weighted by Crippen LogP contribution is -2.12. The summed E-state index contributed by atoms with van der Waals surface area (Å²) in [5.41, 5.74) is 4.00. The Hall–Kier alpha value is -1.42. The normalized spacial score (nSPS) is 12.6. The predicted molar refractivity (Wildman–Crippen MR) is 112 cm³/mol. The summed E-state index contributed by atoms with van der Waals surface area (Å²) in [5, 5.41) is 5.94. The van der Waals surface area contributed by atoms with Crippen LogP contribution in [0.15, 0.2) is 68.9 Å². The van der Waals surface area contributed by atoms with Gasteiger partial charge in [-0.3, -0.25) is 0 Å². The van der Waals surface area contributed by atoms with Gasteiger partial charge >= 0.3 is 0 Å². The number of halogens is 2.